The van der Waals surface area contributed by atoms with Crippen molar-refractivity contribution in [1.82, 2.24) is 4.90 Å². The molecule has 1 aromatic rings. The summed E-state index contributed by atoms with van der Waals surface area (Å²) in [6, 6.07) is 3.73. The highest BCUT2D eigenvalue weighted by Gasteiger charge is 2.25. The van der Waals surface area contributed by atoms with Gasteiger partial charge in [-0.2, -0.15) is 0 Å². The van der Waals surface area contributed by atoms with Gasteiger partial charge in [0.2, 0.25) is 0 Å². The number of carbonyl (C=O) groups excluding carboxylic acids is 3. The van der Waals surface area contributed by atoms with Gasteiger partial charge in [0.15, 0.2) is 0 Å². The number of esters is 2. The second kappa shape index (κ2) is 22.5. The van der Waals surface area contributed by atoms with E-state index in [0.717, 1.165) is 44.4 Å². The molecule has 1 aromatic carbocycles. The van der Waals surface area contributed by atoms with Crippen LogP contribution in [0.1, 0.15) is 120 Å². The molecule has 0 heterocycles. The van der Waals surface area contributed by atoms with E-state index in [2.05, 4.69) is 16.4 Å². The number of hydrogen-bond donors (Lipinski definition) is 0. The molecule has 0 bridgehead atoms. The Morgan fingerprint density at radius 2 is 1.15 bits per heavy atom. The van der Waals surface area contributed by atoms with Gasteiger partial charge in [0.05, 0.1) is 37.4 Å². The van der Waals surface area contributed by atoms with E-state index in [1.165, 1.54) is 95.6 Å². The fourth-order valence-electron chi connectivity index (χ4n) is 4.56. The predicted molar refractivity (Wildman–Crippen MR) is 158 cm³/mol. The number of carbonyl (C=O) groups is 3. The molecule has 41 heavy (non-hydrogen) atoms. The maximum absolute atomic E-state index is 13.0. The van der Waals surface area contributed by atoms with Crippen LogP contribution in [0.3, 0.4) is 0 Å². The number of nitrogens with zero attached hydrogens (tertiary/aromatic N) is 2. The smallest absolute Gasteiger partial charge is 0.325 e. The van der Waals surface area contributed by atoms with Gasteiger partial charge in [-0.1, -0.05) is 103 Å². The van der Waals surface area contributed by atoms with Crippen molar-refractivity contribution in [3.63, 3.8) is 0 Å². The topological polar surface area (TPSA) is 125 Å². The fourth-order valence-corrected chi connectivity index (χ4v) is 4.56. The normalized spacial score (nSPS) is 10.7. The number of nitro groups is 1. The Labute approximate surface area is 245 Å². The highest BCUT2D eigenvalue weighted by Crippen LogP contribution is 2.24. The summed E-state index contributed by atoms with van der Waals surface area (Å²) in [4.78, 5) is 48.3. The molecule has 10 heteroatoms. The van der Waals surface area contributed by atoms with Crippen molar-refractivity contribution in [2.45, 2.75) is 110 Å². The van der Waals surface area contributed by atoms with E-state index in [-0.39, 0.29) is 17.0 Å². The Kier molecular flexibility index (Phi) is 19.7. The van der Waals surface area contributed by atoms with Crippen molar-refractivity contribution in [3.8, 4) is 5.75 Å². The molecule has 232 valence electrons. The number of non-ortho nitro benzene ring substituents is 1. The van der Waals surface area contributed by atoms with Crippen molar-refractivity contribution in [1.29, 1.82) is 0 Å². The van der Waals surface area contributed by atoms with Crippen LogP contribution in [0.5, 0.6) is 5.75 Å². The van der Waals surface area contributed by atoms with Gasteiger partial charge in [0.1, 0.15) is 18.8 Å². The number of rotatable bonds is 24. The molecule has 0 aliphatic rings. The van der Waals surface area contributed by atoms with Crippen LogP contribution in [-0.4, -0.2) is 61.6 Å². The average molecular weight is 579 g/mol. The van der Waals surface area contributed by atoms with Gasteiger partial charge in [-0.25, -0.2) is 0 Å². The Morgan fingerprint density at radius 3 is 1.56 bits per heavy atom. The summed E-state index contributed by atoms with van der Waals surface area (Å²) in [7, 11) is 2.31. The standard InChI is InChI=1S/C31H50N2O8/c1-4-5-6-7-8-9-10-11-12-13-14-15-16-17-18-19-20-41-28-22-26(21-27(23-28)33(37)38)31(36)32(24-29(34)39-2)25-30(35)40-3/h21-23H,4-20,24-25H2,1-3H3. The lowest BCUT2D eigenvalue weighted by Crippen LogP contribution is -2.40. The first-order valence-electron chi connectivity index (χ1n) is 15.2. The number of ether oxygens (including phenoxy) is 3. The van der Waals surface area contributed by atoms with Gasteiger partial charge in [0.25, 0.3) is 11.6 Å². The number of hydrogen-bond acceptors (Lipinski definition) is 8. The van der Waals surface area contributed by atoms with Crippen LogP contribution in [0.4, 0.5) is 5.69 Å². The van der Waals surface area contributed by atoms with Gasteiger partial charge >= 0.3 is 11.9 Å². The van der Waals surface area contributed by atoms with E-state index >= 15 is 0 Å². The lowest BCUT2D eigenvalue weighted by Gasteiger charge is -2.20. The number of unbranched alkanes of at least 4 members (excludes halogenated alkanes) is 15. The molecule has 0 fully saturated rings. The molecular formula is C31H50N2O8. The van der Waals surface area contributed by atoms with E-state index in [4.69, 9.17) is 4.74 Å². The minimum absolute atomic E-state index is 0.0750. The molecule has 0 aromatic heterocycles. The van der Waals surface area contributed by atoms with Gasteiger partial charge in [-0.3, -0.25) is 24.5 Å². The second-order valence-electron chi connectivity index (χ2n) is 10.4. The molecule has 0 radical (unpaired) electrons. The van der Waals surface area contributed by atoms with Crippen LogP contribution in [0.15, 0.2) is 18.2 Å². The Hall–Kier alpha value is -3.17. The first-order chi connectivity index (χ1) is 19.8. The highest BCUT2D eigenvalue weighted by atomic mass is 16.6. The SMILES string of the molecule is CCCCCCCCCCCCCCCCCCOc1cc(C(=O)N(CC(=O)OC)CC(=O)OC)cc([N+](=O)[O-])c1. The summed E-state index contributed by atoms with van der Waals surface area (Å²) in [5.74, 6) is -2.06. The quantitative estimate of drug-likeness (QED) is 0.0554. The van der Waals surface area contributed by atoms with Gasteiger partial charge in [0, 0.05) is 6.07 Å². The average Bonchev–Trinajstić information content (AvgIpc) is 2.97. The maximum Gasteiger partial charge on any atom is 0.325 e. The highest BCUT2D eigenvalue weighted by molar-refractivity contribution is 5.98. The van der Waals surface area contributed by atoms with Crippen LogP contribution in [0, 0.1) is 10.1 Å². The Balaban J connectivity index is 2.39. The zero-order chi connectivity index (χ0) is 30.3. The molecule has 0 N–H and O–H groups in total. The lowest BCUT2D eigenvalue weighted by atomic mass is 10.0. The molecule has 0 aliphatic carbocycles. The minimum Gasteiger partial charge on any atom is -0.493 e. The van der Waals surface area contributed by atoms with E-state index in [0.29, 0.717) is 6.61 Å². The number of amides is 1. The largest absolute Gasteiger partial charge is 0.493 e. The van der Waals surface area contributed by atoms with E-state index < -0.39 is 35.9 Å². The summed E-state index contributed by atoms with van der Waals surface area (Å²) in [6.45, 7) is 1.59. The molecule has 1 rings (SSSR count). The zero-order valence-electron chi connectivity index (χ0n) is 25.3. The lowest BCUT2D eigenvalue weighted by molar-refractivity contribution is -0.385. The predicted octanol–water partition coefficient (Wildman–Crippen LogP) is 7.02. The number of benzene rings is 1. The summed E-state index contributed by atoms with van der Waals surface area (Å²) in [5.41, 5.74) is -0.400. The van der Waals surface area contributed by atoms with Gasteiger partial charge < -0.3 is 19.1 Å². The summed E-state index contributed by atoms with van der Waals surface area (Å²) < 4.78 is 14.9. The molecule has 0 atom stereocenters. The van der Waals surface area contributed by atoms with Crippen LogP contribution in [0.25, 0.3) is 0 Å². The van der Waals surface area contributed by atoms with E-state index in [1.807, 2.05) is 0 Å². The fraction of sp³-hybridized carbons (Fsp3) is 0.710. The third-order valence-electron chi connectivity index (χ3n) is 7.00. The van der Waals surface area contributed by atoms with Crippen molar-refractivity contribution in [2.75, 3.05) is 33.9 Å². The summed E-state index contributed by atoms with van der Waals surface area (Å²) >= 11 is 0. The van der Waals surface area contributed by atoms with Crippen molar-refractivity contribution < 1.29 is 33.5 Å². The van der Waals surface area contributed by atoms with Crippen LogP contribution in [-0.2, 0) is 19.1 Å². The third kappa shape index (κ3) is 16.6. The molecule has 0 spiro atoms. The molecule has 10 nitrogen and oxygen atoms in total. The van der Waals surface area contributed by atoms with E-state index in [9.17, 15) is 24.5 Å². The number of nitro benzene ring substituents is 1. The van der Waals surface area contributed by atoms with E-state index in [1.54, 1.807) is 0 Å². The minimum atomic E-state index is -0.753. The molecule has 0 saturated heterocycles. The Morgan fingerprint density at radius 1 is 0.707 bits per heavy atom. The van der Waals surface area contributed by atoms with Crippen molar-refractivity contribution in [2.24, 2.45) is 0 Å². The molecule has 0 unspecified atom stereocenters. The van der Waals surface area contributed by atoms with Crippen LogP contribution >= 0.6 is 0 Å². The maximum atomic E-state index is 13.0. The molecule has 0 aliphatic heterocycles. The molecule has 0 saturated carbocycles. The van der Waals surface area contributed by atoms with Crippen molar-refractivity contribution in [3.05, 3.63) is 33.9 Å². The van der Waals surface area contributed by atoms with Crippen LogP contribution < -0.4 is 4.74 Å². The number of methoxy groups -OCH3 is 2. The zero-order valence-corrected chi connectivity index (χ0v) is 25.3. The van der Waals surface area contributed by atoms with Gasteiger partial charge in [-0.05, 0) is 12.5 Å². The Bertz CT molecular complexity index is 903. The van der Waals surface area contributed by atoms with Crippen LogP contribution in [0.2, 0.25) is 0 Å². The summed E-state index contributed by atoms with van der Waals surface area (Å²) in [6.07, 6.45) is 20.2. The third-order valence-corrected chi connectivity index (χ3v) is 7.00. The van der Waals surface area contributed by atoms with Crippen molar-refractivity contribution >= 4 is 23.5 Å². The molecule has 1 amide bonds. The first-order valence-corrected chi connectivity index (χ1v) is 15.2. The second-order valence-corrected chi connectivity index (χ2v) is 10.4. The monoisotopic (exact) mass is 578 g/mol. The van der Waals surface area contributed by atoms with Gasteiger partial charge in [-0.15, -0.1) is 0 Å². The molecular weight excluding hydrogens is 528 g/mol. The first kappa shape index (κ1) is 35.9. The summed E-state index contributed by atoms with van der Waals surface area (Å²) in [5, 5.41) is 11.5.